The first-order valence-corrected chi connectivity index (χ1v) is 8.66. The van der Waals surface area contributed by atoms with E-state index in [2.05, 4.69) is 43.5 Å². The van der Waals surface area contributed by atoms with Gasteiger partial charge in [-0.05, 0) is 45.6 Å². The summed E-state index contributed by atoms with van der Waals surface area (Å²) >= 11 is 0. The summed E-state index contributed by atoms with van der Waals surface area (Å²) in [7, 11) is 0. The van der Waals surface area contributed by atoms with E-state index in [0.717, 1.165) is 19.0 Å². The Kier molecular flexibility index (Phi) is 6.50. The Labute approximate surface area is 129 Å². The van der Waals surface area contributed by atoms with E-state index in [4.69, 9.17) is 0 Å². The molecule has 118 valence electrons. The van der Waals surface area contributed by atoms with Gasteiger partial charge in [0.05, 0.1) is 6.20 Å². The van der Waals surface area contributed by atoms with Gasteiger partial charge >= 0.3 is 0 Å². The van der Waals surface area contributed by atoms with Gasteiger partial charge in [0.15, 0.2) is 0 Å². The van der Waals surface area contributed by atoms with Gasteiger partial charge in [0.25, 0.3) is 0 Å². The van der Waals surface area contributed by atoms with E-state index in [-0.39, 0.29) is 0 Å². The smallest absolute Gasteiger partial charge is 0.0562 e. The minimum absolute atomic E-state index is 0.434. The van der Waals surface area contributed by atoms with Crippen LogP contribution in [-0.2, 0) is 0 Å². The van der Waals surface area contributed by atoms with Crippen molar-refractivity contribution in [2.45, 2.75) is 65.3 Å². The van der Waals surface area contributed by atoms with Crippen molar-refractivity contribution in [3.63, 3.8) is 0 Å². The van der Waals surface area contributed by atoms with Crippen molar-refractivity contribution < 1.29 is 0 Å². The third-order valence-corrected chi connectivity index (χ3v) is 4.39. The number of hydrogen-bond donors (Lipinski definition) is 1. The molecule has 2 rings (SSSR count). The molecule has 0 aliphatic heterocycles. The van der Waals surface area contributed by atoms with Crippen LogP contribution in [0.2, 0.25) is 0 Å². The second-order valence-corrected chi connectivity index (χ2v) is 6.58. The van der Waals surface area contributed by atoms with Crippen LogP contribution in [-0.4, -0.2) is 22.9 Å². The summed E-state index contributed by atoms with van der Waals surface area (Å²) < 4.78 is 2.05. The predicted molar refractivity (Wildman–Crippen MR) is 90.3 cm³/mol. The Morgan fingerprint density at radius 1 is 1.38 bits per heavy atom. The standard InChI is InChI=1S/C18H31N3/c1-4-10-19-13-18(17-8-6-5-7-9-17)11-16-12-20-21(14-16)15(2)3/h11-12,14-15,17,19H,4-10,13H2,1-3H3. The normalized spacial score (nSPS) is 17.6. The molecule has 0 amide bonds. The molecule has 0 unspecified atom stereocenters. The molecule has 0 bridgehead atoms. The van der Waals surface area contributed by atoms with Crippen molar-refractivity contribution >= 4 is 6.08 Å². The molecule has 1 heterocycles. The Hall–Kier alpha value is -1.09. The Morgan fingerprint density at radius 2 is 2.14 bits per heavy atom. The lowest BCUT2D eigenvalue weighted by atomic mass is 9.83. The summed E-state index contributed by atoms with van der Waals surface area (Å²) in [6.45, 7) is 8.71. The highest BCUT2D eigenvalue weighted by atomic mass is 15.3. The van der Waals surface area contributed by atoms with Gasteiger partial charge < -0.3 is 5.32 Å². The zero-order valence-corrected chi connectivity index (χ0v) is 13.9. The lowest BCUT2D eigenvalue weighted by Gasteiger charge is -2.25. The summed E-state index contributed by atoms with van der Waals surface area (Å²) in [5, 5.41) is 8.05. The van der Waals surface area contributed by atoms with Crippen LogP contribution >= 0.6 is 0 Å². The third kappa shape index (κ3) is 4.99. The van der Waals surface area contributed by atoms with Crippen LogP contribution in [0.4, 0.5) is 0 Å². The topological polar surface area (TPSA) is 29.9 Å². The number of hydrogen-bond acceptors (Lipinski definition) is 2. The van der Waals surface area contributed by atoms with Gasteiger partial charge in [-0.2, -0.15) is 5.10 Å². The van der Waals surface area contributed by atoms with E-state index in [1.807, 2.05) is 10.9 Å². The average molecular weight is 289 g/mol. The van der Waals surface area contributed by atoms with Crippen molar-refractivity contribution in [2.24, 2.45) is 5.92 Å². The zero-order chi connectivity index (χ0) is 15.1. The SMILES string of the molecule is CCCNCC(=Cc1cnn(C(C)C)c1)C1CCCCC1. The maximum absolute atomic E-state index is 4.46. The molecule has 1 saturated carbocycles. The fraction of sp³-hybridized carbons (Fsp3) is 0.722. The third-order valence-electron chi connectivity index (χ3n) is 4.39. The maximum Gasteiger partial charge on any atom is 0.0562 e. The molecule has 21 heavy (non-hydrogen) atoms. The molecule has 3 nitrogen and oxygen atoms in total. The zero-order valence-electron chi connectivity index (χ0n) is 13.9. The van der Waals surface area contributed by atoms with Gasteiger partial charge in [-0.15, -0.1) is 0 Å². The average Bonchev–Trinajstić information content (AvgIpc) is 2.96. The number of nitrogens with zero attached hydrogens (tertiary/aromatic N) is 2. The van der Waals surface area contributed by atoms with Crippen molar-refractivity contribution in [3.05, 3.63) is 23.5 Å². The Balaban J connectivity index is 2.09. The summed E-state index contributed by atoms with van der Waals surface area (Å²) in [6, 6.07) is 0.434. The molecule has 0 radical (unpaired) electrons. The molecule has 0 aromatic carbocycles. The van der Waals surface area contributed by atoms with Crippen LogP contribution in [0.1, 0.15) is 70.9 Å². The minimum Gasteiger partial charge on any atom is -0.313 e. The fourth-order valence-corrected chi connectivity index (χ4v) is 3.12. The largest absolute Gasteiger partial charge is 0.313 e. The van der Waals surface area contributed by atoms with Gasteiger partial charge in [0.1, 0.15) is 0 Å². The number of aromatic nitrogens is 2. The van der Waals surface area contributed by atoms with E-state index >= 15 is 0 Å². The predicted octanol–water partition coefficient (Wildman–Crippen LogP) is 4.43. The highest BCUT2D eigenvalue weighted by Crippen LogP contribution is 2.30. The molecule has 0 atom stereocenters. The van der Waals surface area contributed by atoms with Gasteiger partial charge in [0.2, 0.25) is 0 Å². The first-order valence-electron chi connectivity index (χ1n) is 8.66. The van der Waals surface area contributed by atoms with Crippen molar-refractivity contribution in [1.82, 2.24) is 15.1 Å². The van der Waals surface area contributed by atoms with Crippen LogP contribution in [0.5, 0.6) is 0 Å². The molecule has 0 spiro atoms. The van der Waals surface area contributed by atoms with E-state index in [0.29, 0.717) is 6.04 Å². The lowest BCUT2D eigenvalue weighted by molar-refractivity contribution is 0.396. The van der Waals surface area contributed by atoms with Crippen molar-refractivity contribution in [2.75, 3.05) is 13.1 Å². The van der Waals surface area contributed by atoms with Crippen LogP contribution in [0.15, 0.2) is 18.0 Å². The highest BCUT2D eigenvalue weighted by Gasteiger charge is 2.17. The van der Waals surface area contributed by atoms with E-state index < -0.39 is 0 Å². The molecule has 3 heteroatoms. The summed E-state index contributed by atoms with van der Waals surface area (Å²) in [5.74, 6) is 0.769. The number of nitrogens with one attached hydrogen (secondary N) is 1. The second kappa shape index (κ2) is 8.38. The van der Waals surface area contributed by atoms with Gasteiger partial charge in [0, 0.05) is 24.3 Å². The van der Waals surface area contributed by atoms with Crippen LogP contribution in [0.25, 0.3) is 6.08 Å². The lowest BCUT2D eigenvalue weighted by Crippen LogP contribution is -2.22. The molecule has 1 aliphatic rings. The molecule has 1 aromatic rings. The monoisotopic (exact) mass is 289 g/mol. The molecular formula is C18H31N3. The van der Waals surface area contributed by atoms with E-state index in [9.17, 15) is 0 Å². The second-order valence-electron chi connectivity index (χ2n) is 6.58. The summed E-state index contributed by atoms with van der Waals surface area (Å²) in [4.78, 5) is 0. The Bertz CT molecular complexity index is 439. The summed E-state index contributed by atoms with van der Waals surface area (Å²) in [6.07, 6.45) is 14.7. The first-order chi connectivity index (χ1) is 10.2. The molecule has 0 saturated heterocycles. The van der Waals surface area contributed by atoms with E-state index in [1.165, 1.54) is 44.1 Å². The quantitative estimate of drug-likeness (QED) is 0.753. The molecule has 1 aromatic heterocycles. The van der Waals surface area contributed by atoms with Crippen LogP contribution < -0.4 is 5.32 Å². The van der Waals surface area contributed by atoms with Crippen molar-refractivity contribution in [1.29, 1.82) is 0 Å². The van der Waals surface area contributed by atoms with Crippen LogP contribution in [0, 0.1) is 5.92 Å². The molecule has 1 N–H and O–H groups in total. The maximum atomic E-state index is 4.46. The highest BCUT2D eigenvalue weighted by molar-refractivity contribution is 5.52. The Morgan fingerprint density at radius 3 is 2.76 bits per heavy atom. The van der Waals surface area contributed by atoms with E-state index in [1.54, 1.807) is 5.57 Å². The minimum atomic E-state index is 0.434. The summed E-state index contributed by atoms with van der Waals surface area (Å²) in [5.41, 5.74) is 2.83. The first kappa shape index (κ1) is 16.3. The molecule has 1 aliphatic carbocycles. The molecule has 1 fully saturated rings. The van der Waals surface area contributed by atoms with Crippen molar-refractivity contribution in [3.8, 4) is 0 Å². The van der Waals surface area contributed by atoms with Gasteiger partial charge in [-0.25, -0.2) is 0 Å². The fourth-order valence-electron chi connectivity index (χ4n) is 3.12. The van der Waals surface area contributed by atoms with Crippen LogP contribution in [0.3, 0.4) is 0 Å². The van der Waals surface area contributed by atoms with Gasteiger partial charge in [-0.3, -0.25) is 4.68 Å². The number of rotatable bonds is 7. The van der Waals surface area contributed by atoms with Gasteiger partial charge in [-0.1, -0.05) is 37.8 Å². The molecular weight excluding hydrogens is 258 g/mol.